The average molecular weight is 1150 g/mol. The first-order valence-corrected chi connectivity index (χ1v) is 25.8. The van der Waals surface area contributed by atoms with Crippen LogP contribution in [0.5, 0.6) is 115 Å². The number of aliphatic hydroxyl groups excluding tert-OH is 4. The van der Waals surface area contributed by atoms with Crippen LogP contribution < -0.4 is 28.4 Å². The molecular weight excluding hydrogens is 1100 g/mol. The minimum absolute atomic E-state index is 0.0699. The topological polar surface area (TPSA) is 420 Å². The summed E-state index contributed by atoms with van der Waals surface area (Å²) >= 11 is 0. The lowest BCUT2D eigenvalue weighted by molar-refractivity contribution is -0.228. The van der Waals surface area contributed by atoms with Gasteiger partial charge < -0.3 is 120 Å². The maximum atomic E-state index is 13.5. The van der Waals surface area contributed by atoms with E-state index in [0.29, 0.717) is 0 Å². The van der Waals surface area contributed by atoms with Crippen molar-refractivity contribution < 1.29 is 120 Å². The van der Waals surface area contributed by atoms with Crippen molar-refractivity contribution in [3.05, 3.63) is 164 Å². The highest BCUT2D eigenvalue weighted by Crippen LogP contribution is 2.71. The molecule has 18 N–H and O–H groups in total. The van der Waals surface area contributed by atoms with Gasteiger partial charge in [0.2, 0.25) is 0 Å². The standard InChI is InChI=1S/C60H46O24/c61-23-13-35(72)41-39(15-23)81-59(21-3-7-28(65)33(70)11-21)57(77)45(41)48-54-47(55-49(56(48)84-59)46-42-36(73)14-24(62)16-40(42)82-60(83-55,58(46)78)22-4-8-29(66)34(71)12-22)44(50(76)52(80-54)20-2-6-27(64)32(69)10-20)43-37(74)18-30(67)25-17-38(75)51(79-53(25)43)19-1-5-26(63)31(68)9-19/h1-16,18,38,44-46,50-52,57-58,61-78H,17H2/t38-,44+,45-,46-,50-,51-,52-,57-,58-,59-,60+/m1/s1. The Labute approximate surface area is 470 Å². The highest BCUT2D eigenvalue weighted by Gasteiger charge is 2.66. The minimum Gasteiger partial charge on any atom is -0.508 e. The Morgan fingerprint density at radius 2 is 0.750 bits per heavy atom. The van der Waals surface area contributed by atoms with Gasteiger partial charge in [-0.1, -0.05) is 12.1 Å². The van der Waals surface area contributed by atoms with Crippen LogP contribution >= 0.6 is 0 Å². The van der Waals surface area contributed by atoms with Crippen molar-refractivity contribution in [1.82, 2.24) is 0 Å². The Balaban J connectivity index is 1.16. The number of hydrogen-bond donors (Lipinski definition) is 18. The van der Waals surface area contributed by atoms with E-state index in [0.717, 1.165) is 78.9 Å². The first kappa shape index (κ1) is 51.7. The number of aromatic hydroxyl groups is 14. The highest BCUT2D eigenvalue weighted by molar-refractivity contribution is 5.78. The number of ether oxygens (including phenoxy) is 6. The summed E-state index contributed by atoms with van der Waals surface area (Å²) in [5.41, 5.74) is -2.63. The van der Waals surface area contributed by atoms with Gasteiger partial charge in [0.05, 0.1) is 23.9 Å². The largest absolute Gasteiger partial charge is 0.508 e. The first-order valence-electron chi connectivity index (χ1n) is 25.8. The van der Waals surface area contributed by atoms with E-state index in [4.69, 9.17) is 28.4 Å². The monoisotopic (exact) mass is 1150 g/mol. The number of fused-ring (bicyclic) bond motifs is 17. The molecule has 8 aromatic carbocycles. The van der Waals surface area contributed by atoms with Crippen LogP contribution in [0.2, 0.25) is 0 Å². The van der Waals surface area contributed by atoms with E-state index < -0.39 is 181 Å². The predicted molar refractivity (Wildman–Crippen MR) is 281 cm³/mol. The molecule has 24 heteroatoms. The number of benzene rings is 8. The van der Waals surface area contributed by atoms with Crippen LogP contribution in [0.25, 0.3) is 0 Å². The van der Waals surface area contributed by atoms with Gasteiger partial charge >= 0.3 is 11.6 Å². The van der Waals surface area contributed by atoms with E-state index in [2.05, 4.69) is 0 Å². The number of aliphatic hydroxyl groups is 4. The number of rotatable bonds is 5. The van der Waals surface area contributed by atoms with Crippen molar-refractivity contribution in [3.8, 4) is 115 Å². The summed E-state index contributed by atoms with van der Waals surface area (Å²) in [6, 6.07) is 18.2. The third kappa shape index (κ3) is 7.01. The Bertz CT molecular complexity index is 4180. The summed E-state index contributed by atoms with van der Waals surface area (Å²) in [6.07, 6.45) is -11.6. The average Bonchev–Trinajstić information content (AvgIpc) is 1.10. The van der Waals surface area contributed by atoms with E-state index >= 15 is 0 Å². The van der Waals surface area contributed by atoms with Gasteiger partial charge in [-0.3, -0.25) is 0 Å². The van der Waals surface area contributed by atoms with Crippen molar-refractivity contribution in [2.24, 2.45) is 0 Å². The predicted octanol–water partition coefficient (Wildman–Crippen LogP) is 5.49. The summed E-state index contributed by atoms with van der Waals surface area (Å²) in [6.45, 7) is 0. The second kappa shape index (κ2) is 17.6. The van der Waals surface area contributed by atoms with Crippen molar-refractivity contribution in [2.75, 3.05) is 0 Å². The molecule has 6 heterocycles. The molecule has 0 fully saturated rings. The third-order valence-electron chi connectivity index (χ3n) is 16.7. The summed E-state index contributed by atoms with van der Waals surface area (Å²) in [4.78, 5) is 0. The van der Waals surface area contributed by atoms with Crippen LogP contribution in [0, 0.1) is 0 Å². The number of phenols is 14. The summed E-state index contributed by atoms with van der Waals surface area (Å²) in [7, 11) is 0. The lowest BCUT2D eigenvalue weighted by atomic mass is 9.67. The van der Waals surface area contributed by atoms with Crippen LogP contribution in [-0.4, -0.2) is 116 Å². The van der Waals surface area contributed by atoms with Gasteiger partial charge in [0, 0.05) is 86.8 Å². The van der Waals surface area contributed by atoms with Crippen molar-refractivity contribution >= 4 is 0 Å². The molecule has 0 saturated carbocycles. The molecule has 0 saturated heterocycles. The van der Waals surface area contributed by atoms with E-state index in [1.807, 2.05) is 0 Å². The maximum absolute atomic E-state index is 13.5. The van der Waals surface area contributed by atoms with Gasteiger partial charge in [-0.25, -0.2) is 0 Å². The zero-order valence-electron chi connectivity index (χ0n) is 42.7. The zero-order chi connectivity index (χ0) is 59.1. The van der Waals surface area contributed by atoms with Crippen LogP contribution in [0.4, 0.5) is 0 Å². The first-order chi connectivity index (χ1) is 40.0. The SMILES string of the molecule is Oc1cc(O)c2c(c1)O[C@@]1(c3ccc(O)c(O)c3)Oc3c4c(c5c(c3[C@@H]2[C@H]1O)O[C@@]1(c2ccc(O)c(O)c2)Oc2cc(O)cc(O)c2[C@H]5[C@H]1O)O[C@H](c1ccc(O)c(O)c1)[C@H](O)[C@H]4c1c(O)cc(O)c2c1O[C@H](c1ccc(O)c(O)c1)[C@H](O)C2. The van der Waals surface area contributed by atoms with Crippen LogP contribution in [0.3, 0.4) is 0 Å². The fraction of sp³-hybridized carbons (Fsp3) is 0.200. The molecule has 84 heavy (non-hydrogen) atoms. The highest BCUT2D eigenvalue weighted by atomic mass is 16.7. The molecule has 430 valence electrons. The van der Waals surface area contributed by atoms with E-state index in [1.165, 1.54) is 24.3 Å². The molecule has 0 unspecified atom stereocenters. The summed E-state index contributed by atoms with van der Waals surface area (Å²) in [5, 5.41) is 208. The van der Waals surface area contributed by atoms with Gasteiger partial charge in [-0.05, 0) is 71.8 Å². The molecule has 6 aliphatic rings. The van der Waals surface area contributed by atoms with Crippen LogP contribution in [0.1, 0.15) is 91.2 Å². The Morgan fingerprint density at radius 1 is 0.333 bits per heavy atom. The van der Waals surface area contributed by atoms with Crippen molar-refractivity contribution in [3.63, 3.8) is 0 Å². The Morgan fingerprint density at radius 3 is 1.23 bits per heavy atom. The zero-order valence-corrected chi connectivity index (χ0v) is 42.7. The second-order valence-corrected chi connectivity index (χ2v) is 21.4. The van der Waals surface area contributed by atoms with E-state index in [1.54, 1.807) is 0 Å². The van der Waals surface area contributed by atoms with Crippen molar-refractivity contribution in [1.29, 1.82) is 0 Å². The quantitative estimate of drug-likeness (QED) is 0.0947. The molecule has 11 atom stereocenters. The Kier molecular flexibility index (Phi) is 10.8. The fourth-order valence-corrected chi connectivity index (χ4v) is 12.9. The number of phenolic OH excluding ortho intramolecular Hbond substituents is 14. The van der Waals surface area contributed by atoms with Crippen molar-refractivity contribution in [2.45, 2.75) is 72.4 Å². The smallest absolute Gasteiger partial charge is 0.305 e. The molecule has 24 nitrogen and oxygen atoms in total. The summed E-state index contributed by atoms with van der Waals surface area (Å²) < 4.78 is 41.0. The van der Waals surface area contributed by atoms with Gasteiger partial charge in [0.1, 0.15) is 93.4 Å². The minimum atomic E-state index is -2.69. The fourth-order valence-electron chi connectivity index (χ4n) is 12.9. The van der Waals surface area contributed by atoms with Gasteiger partial charge in [-0.15, -0.1) is 0 Å². The molecular formula is C60H46O24. The van der Waals surface area contributed by atoms with Gasteiger partial charge in [-0.2, -0.15) is 0 Å². The molecule has 0 aliphatic carbocycles. The Hall–Kier alpha value is -10.4. The molecule has 6 aliphatic heterocycles. The molecule has 0 radical (unpaired) electrons. The van der Waals surface area contributed by atoms with Crippen LogP contribution in [0.15, 0.2) is 103 Å². The maximum Gasteiger partial charge on any atom is 0.305 e. The molecule has 4 bridgehead atoms. The van der Waals surface area contributed by atoms with Crippen LogP contribution in [-0.2, 0) is 18.0 Å². The molecule has 8 aromatic rings. The number of hydrogen-bond acceptors (Lipinski definition) is 24. The third-order valence-corrected chi connectivity index (χ3v) is 16.7. The van der Waals surface area contributed by atoms with E-state index in [9.17, 15) is 91.9 Å². The van der Waals surface area contributed by atoms with E-state index in [-0.39, 0.29) is 67.1 Å². The molecule has 0 aromatic heterocycles. The molecule has 0 spiro atoms. The lowest BCUT2D eigenvalue weighted by Gasteiger charge is -2.55. The summed E-state index contributed by atoms with van der Waals surface area (Å²) in [5.74, 6) is -22.7. The van der Waals surface area contributed by atoms with Gasteiger partial charge in [0.25, 0.3) is 0 Å². The lowest BCUT2D eigenvalue weighted by Crippen LogP contribution is -2.60. The normalized spacial score (nSPS) is 26.3. The molecule has 0 amide bonds. The van der Waals surface area contributed by atoms with Gasteiger partial charge in [0.15, 0.2) is 52.1 Å². The molecule has 14 rings (SSSR count). The second-order valence-electron chi connectivity index (χ2n) is 21.4.